The second kappa shape index (κ2) is 13.0. The van der Waals surface area contributed by atoms with Crippen LogP contribution in [0.1, 0.15) is 49.5 Å². The molecule has 2 saturated heterocycles. The third-order valence-electron chi connectivity index (χ3n) is 7.44. The van der Waals surface area contributed by atoms with Crippen molar-refractivity contribution in [2.45, 2.75) is 74.4 Å². The standard InChI is InChI=1S/C30H41N3O4S2/c1-19-22(11-8-12-25(19)34)28(36)31-23(18-39-21-9-6-5-7-10-21)26(35)17-33-16-20-13-14-38-27(20)15-24(33)29(37)32-30(2,3)4/h5-12,20,23-24,26-27,34-35H,13-18H2,1-4H3,(H,31,36)(H,32,37)/t20-,23?,24?,26?,27+/m1/s1. The first-order valence-electron chi connectivity index (χ1n) is 13.6. The van der Waals surface area contributed by atoms with E-state index in [0.29, 0.717) is 28.0 Å². The number of nitrogens with zero attached hydrogens (tertiary/aromatic N) is 1. The third-order valence-corrected chi connectivity index (χ3v) is 10.0. The lowest BCUT2D eigenvalue weighted by Gasteiger charge is -2.43. The number of piperidine rings is 1. The average Bonchev–Trinajstić information content (AvgIpc) is 3.34. The lowest BCUT2D eigenvalue weighted by Crippen LogP contribution is -2.60. The summed E-state index contributed by atoms with van der Waals surface area (Å²) in [7, 11) is 0. The van der Waals surface area contributed by atoms with Crippen molar-refractivity contribution in [1.82, 2.24) is 15.5 Å². The summed E-state index contributed by atoms with van der Waals surface area (Å²) in [5, 5.41) is 28.3. The number of hydrogen-bond donors (Lipinski definition) is 4. The highest BCUT2D eigenvalue weighted by Gasteiger charge is 2.43. The molecule has 2 aromatic rings. The summed E-state index contributed by atoms with van der Waals surface area (Å²) < 4.78 is 0. The fraction of sp³-hybridized carbons (Fsp3) is 0.533. The van der Waals surface area contributed by atoms with Gasteiger partial charge in [-0.3, -0.25) is 14.5 Å². The number of carbonyl (C=O) groups excluding carboxylic acids is 2. The molecule has 4 N–H and O–H groups in total. The summed E-state index contributed by atoms with van der Waals surface area (Å²) in [6.45, 7) is 8.70. The van der Waals surface area contributed by atoms with Crippen LogP contribution in [0.3, 0.4) is 0 Å². The van der Waals surface area contributed by atoms with E-state index in [1.165, 1.54) is 0 Å². The molecule has 0 aliphatic carbocycles. The Morgan fingerprint density at radius 3 is 2.62 bits per heavy atom. The fourth-order valence-electron chi connectivity index (χ4n) is 5.32. The zero-order valence-corrected chi connectivity index (χ0v) is 24.9. The van der Waals surface area contributed by atoms with Gasteiger partial charge in [0, 0.05) is 45.7 Å². The molecular formula is C30H41N3O4S2. The Hall–Kier alpha value is -2.20. The largest absolute Gasteiger partial charge is 0.508 e. The van der Waals surface area contributed by atoms with Gasteiger partial charge in [-0.1, -0.05) is 24.3 Å². The van der Waals surface area contributed by atoms with Gasteiger partial charge in [-0.2, -0.15) is 11.8 Å². The molecule has 2 fully saturated rings. The number of rotatable bonds is 9. The number of phenols is 1. The number of thioether (sulfide) groups is 2. The number of fused-ring (bicyclic) bond motifs is 1. The molecule has 0 bridgehead atoms. The van der Waals surface area contributed by atoms with E-state index < -0.39 is 12.1 Å². The Labute approximate surface area is 240 Å². The molecular weight excluding hydrogens is 530 g/mol. The summed E-state index contributed by atoms with van der Waals surface area (Å²) in [5.74, 6) is 1.79. The molecule has 9 heteroatoms. The van der Waals surface area contributed by atoms with Crippen LogP contribution < -0.4 is 10.6 Å². The Balaban J connectivity index is 1.53. The van der Waals surface area contributed by atoms with Gasteiger partial charge in [0.25, 0.3) is 5.91 Å². The van der Waals surface area contributed by atoms with E-state index in [2.05, 4.69) is 15.5 Å². The fourth-order valence-corrected chi connectivity index (χ4v) is 7.90. The number of likely N-dealkylation sites (tertiary alicyclic amines) is 1. The summed E-state index contributed by atoms with van der Waals surface area (Å²) in [5.41, 5.74) is 0.532. The van der Waals surface area contributed by atoms with E-state index in [1.54, 1.807) is 36.9 Å². The Kier molecular flexibility index (Phi) is 9.91. The number of amides is 2. The van der Waals surface area contributed by atoms with Gasteiger partial charge in [0.1, 0.15) is 5.75 Å². The minimum atomic E-state index is -0.890. The molecule has 0 spiro atoms. The van der Waals surface area contributed by atoms with Gasteiger partial charge in [0.2, 0.25) is 5.91 Å². The molecule has 3 unspecified atom stereocenters. The maximum atomic E-state index is 13.4. The predicted octanol–water partition coefficient (Wildman–Crippen LogP) is 4.06. The first-order valence-corrected chi connectivity index (χ1v) is 15.7. The molecule has 0 radical (unpaired) electrons. The Bertz CT molecular complexity index is 1140. The predicted molar refractivity (Wildman–Crippen MR) is 159 cm³/mol. The molecule has 2 aromatic carbocycles. The number of hydrogen-bond acceptors (Lipinski definition) is 7. The average molecular weight is 572 g/mol. The van der Waals surface area contributed by atoms with Crippen molar-refractivity contribution in [3.8, 4) is 5.75 Å². The van der Waals surface area contributed by atoms with Crippen molar-refractivity contribution >= 4 is 35.3 Å². The van der Waals surface area contributed by atoms with E-state index in [0.717, 1.165) is 30.0 Å². The van der Waals surface area contributed by atoms with Crippen LogP contribution in [0.25, 0.3) is 0 Å². The van der Waals surface area contributed by atoms with Crippen LogP contribution in [-0.2, 0) is 4.79 Å². The zero-order chi connectivity index (χ0) is 28.2. The van der Waals surface area contributed by atoms with Crippen molar-refractivity contribution in [2.24, 2.45) is 5.92 Å². The number of phenolic OH excluding ortho intramolecular Hbond substituents is 1. The van der Waals surface area contributed by atoms with E-state index in [1.807, 2.05) is 62.9 Å². The second-order valence-electron chi connectivity index (χ2n) is 11.6. The number of nitrogens with one attached hydrogen (secondary N) is 2. The van der Waals surface area contributed by atoms with E-state index in [-0.39, 0.29) is 35.7 Å². The zero-order valence-electron chi connectivity index (χ0n) is 23.2. The van der Waals surface area contributed by atoms with Crippen molar-refractivity contribution < 1.29 is 19.8 Å². The lowest BCUT2D eigenvalue weighted by molar-refractivity contribution is -0.130. The molecule has 0 aromatic heterocycles. The summed E-state index contributed by atoms with van der Waals surface area (Å²) in [6, 6.07) is 13.9. The van der Waals surface area contributed by atoms with E-state index in [9.17, 15) is 19.8 Å². The molecule has 7 nitrogen and oxygen atoms in total. The topological polar surface area (TPSA) is 102 Å². The van der Waals surface area contributed by atoms with Crippen molar-refractivity contribution in [3.05, 3.63) is 59.7 Å². The number of aliphatic hydroxyl groups is 1. The molecule has 5 atom stereocenters. The van der Waals surface area contributed by atoms with E-state index in [4.69, 9.17) is 0 Å². The molecule has 39 heavy (non-hydrogen) atoms. The highest BCUT2D eigenvalue weighted by Crippen LogP contribution is 2.40. The van der Waals surface area contributed by atoms with Crippen LogP contribution in [0, 0.1) is 12.8 Å². The number of carbonyl (C=O) groups is 2. The number of benzene rings is 2. The van der Waals surface area contributed by atoms with Crippen LogP contribution in [-0.4, -0.2) is 80.5 Å². The molecule has 212 valence electrons. The maximum absolute atomic E-state index is 13.4. The highest BCUT2D eigenvalue weighted by molar-refractivity contribution is 8.00. The lowest BCUT2D eigenvalue weighted by atomic mass is 9.89. The minimum Gasteiger partial charge on any atom is -0.508 e. The summed E-state index contributed by atoms with van der Waals surface area (Å²) in [6.07, 6.45) is 0.997. The maximum Gasteiger partial charge on any atom is 0.252 e. The van der Waals surface area contributed by atoms with Crippen molar-refractivity contribution in [2.75, 3.05) is 24.6 Å². The first-order chi connectivity index (χ1) is 18.5. The van der Waals surface area contributed by atoms with Gasteiger partial charge in [-0.05, 0) is 76.5 Å². The van der Waals surface area contributed by atoms with Crippen molar-refractivity contribution in [1.29, 1.82) is 0 Å². The smallest absolute Gasteiger partial charge is 0.252 e. The molecule has 2 aliphatic heterocycles. The number of β-amino-alcohol motifs (C(OH)–C–C–N with tert-alkyl or cyclic N) is 1. The Morgan fingerprint density at radius 2 is 1.90 bits per heavy atom. The molecule has 2 aliphatic rings. The van der Waals surface area contributed by atoms with Crippen LogP contribution >= 0.6 is 23.5 Å². The van der Waals surface area contributed by atoms with Gasteiger partial charge >= 0.3 is 0 Å². The van der Waals surface area contributed by atoms with Crippen LogP contribution in [0.4, 0.5) is 0 Å². The van der Waals surface area contributed by atoms with Gasteiger partial charge < -0.3 is 20.8 Å². The van der Waals surface area contributed by atoms with Crippen LogP contribution in [0.5, 0.6) is 5.75 Å². The Morgan fingerprint density at radius 1 is 1.15 bits per heavy atom. The van der Waals surface area contributed by atoms with Gasteiger partial charge in [0.15, 0.2) is 0 Å². The van der Waals surface area contributed by atoms with Gasteiger partial charge in [0.05, 0.1) is 18.2 Å². The van der Waals surface area contributed by atoms with Gasteiger partial charge in [-0.15, -0.1) is 11.8 Å². The third kappa shape index (κ3) is 7.93. The monoisotopic (exact) mass is 571 g/mol. The normalized spacial score (nSPS) is 23.1. The first kappa shape index (κ1) is 29.8. The van der Waals surface area contributed by atoms with E-state index >= 15 is 0 Å². The number of aliphatic hydroxyl groups excluding tert-OH is 1. The van der Waals surface area contributed by atoms with Crippen LogP contribution in [0.15, 0.2) is 53.4 Å². The summed E-state index contributed by atoms with van der Waals surface area (Å²) in [4.78, 5) is 29.8. The quantitative estimate of drug-likeness (QED) is 0.337. The molecule has 0 saturated carbocycles. The highest BCUT2D eigenvalue weighted by atomic mass is 32.2. The molecule has 4 rings (SSSR count). The minimum absolute atomic E-state index is 0.00437. The number of aromatic hydroxyl groups is 1. The molecule has 2 heterocycles. The van der Waals surface area contributed by atoms with Crippen LogP contribution in [0.2, 0.25) is 0 Å². The SMILES string of the molecule is Cc1c(O)cccc1C(=O)NC(CSc1ccccc1)C(O)CN1C[C@H]2CCS[C@H]2CC1C(=O)NC(C)(C)C. The van der Waals surface area contributed by atoms with Gasteiger partial charge in [-0.25, -0.2) is 0 Å². The molecule has 2 amide bonds. The summed E-state index contributed by atoms with van der Waals surface area (Å²) >= 11 is 3.53. The second-order valence-corrected chi connectivity index (χ2v) is 14.1. The van der Waals surface area contributed by atoms with Crippen molar-refractivity contribution in [3.63, 3.8) is 0 Å².